The summed E-state index contributed by atoms with van der Waals surface area (Å²) >= 11 is 0. The van der Waals surface area contributed by atoms with Gasteiger partial charge in [-0.3, -0.25) is 24.0 Å². The molecule has 4 atom stereocenters. The van der Waals surface area contributed by atoms with Crippen LogP contribution in [0.1, 0.15) is 72.9 Å². The minimum absolute atomic E-state index is 0. The quantitative estimate of drug-likeness (QED) is 0.0840. The molecular weight excluding hydrogens is 972 g/mol. The molecule has 1 aliphatic heterocycles. The van der Waals surface area contributed by atoms with E-state index >= 15 is 0 Å². The van der Waals surface area contributed by atoms with Gasteiger partial charge in [0.05, 0.1) is 17.3 Å². The zero-order valence-electron chi connectivity index (χ0n) is 39.3. The second kappa shape index (κ2) is 28.0. The van der Waals surface area contributed by atoms with Gasteiger partial charge in [0.2, 0.25) is 23.6 Å². The number of nitrogens with zero attached hydrogens (tertiary/aromatic N) is 4. The molecule has 376 valence electrons. The third-order valence-electron chi connectivity index (χ3n) is 10.9. The van der Waals surface area contributed by atoms with Gasteiger partial charge in [-0.15, -0.1) is 49.6 Å². The van der Waals surface area contributed by atoms with E-state index in [0.29, 0.717) is 45.3 Å². The van der Waals surface area contributed by atoms with Crippen molar-refractivity contribution in [2.24, 2.45) is 17.2 Å². The molecule has 3 aromatic carbocycles. The van der Waals surface area contributed by atoms with Crippen LogP contribution in [0.2, 0.25) is 0 Å². The van der Waals surface area contributed by atoms with Crippen molar-refractivity contribution < 1.29 is 33.4 Å². The molecule has 4 bridgehead atoms. The Morgan fingerprint density at radius 1 is 0.884 bits per heavy atom. The van der Waals surface area contributed by atoms with E-state index in [0.717, 1.165) is 11.1 Å². The number of halogens is 4. The minimum Gasteiger partial charge on any atom is -0.492 e. The Bertz CT molecular complexity index is 2430. The second-order valence-corrected chi connectivity index (χ2v) is 16.7. The highest BCUT2D eigenvalue weighted by atomic mass is 35.5. The highest BCUT2D eigenvalue weighted by Crippen LogP contribution is 2.39. The minimum atomic E-state index is -1.32. The SMILES string of the molecule is Cc1nc(-c2ccc(C(C)(C)C)cc2)ncc1C(=O)N[C@@H](CCN)C(=O)N(C)[C@H]1Cc2ccc(OCCN)c(c2)-c2cc(ccc2OCCN)[C@@H](C(=O)NCC#N)NC(=O)[C@H](C)NC1=O.Cl.Cl.Cl.Cl. The summed E-state index contributed by atoms with van der Waals surface area (Å²) in [6, 6.07) is 15.0. The molecule has 1 aliphatic rings. The van der Waals surface area contributed by atoms with E-state index in [4.69, 9.17) is 26.7 Å². The molecule has 0 radical (unpaired) electrons. The number of carbonyl (C=O) groups excluding carboxylic acids is 5. The lowest BCUT2D eigenvalue weighted by Gasteiger charge is -2.32. The summed E-state index contributed by atoms with van der Waals surface area (Å²) in [5.74, 6) is -2.14. The summed E-state index contributed by atoms with van der Waals surface area (Å²) in [6.07, 6.45) is 1.38. The average Bonchev–Trinajstić information content (AvgIpc) is 3.29. The van der Waals surface area contributed by atoms with Crippen molar-refractivity contribution in [2.45, 2.75) is 77.0 Å². The van der Waals surface area contributed by atoms with Crippen LogP contribution in [0, 0.1) is 18.3 Å². The number of carbonyl (C=O) groups is 5. The van der Waals surface area contributed by atoms with Gasteiger partial charge in [0.15, 0.2) is 5.82 Å². The summed E-state index contributed by atoms with van der Waals surface area (Å²) in [5.41, 5.74) is 21.9. The van der Waals surface area contributed by atoms with Gasteiger partial charge in [0.25, 0.3) is 5.91 Å². The van der Waals surface area contributed by atoms with E-state index in [1.165, 1.54) is 25.1 Å². The Morgan fingerprint density at radius 2 is 1.49 bits per heavy atom. The Hall–Kier alpha value is -5.78. The van der Waals surface area contributed by atoms with Crippen LogP contribution in [0.5, 0.6) is 11.5 Å². The predicted molar refractivity (Wildman–Crippen MR) is 273 cm³/mol. The number of nitriles is 1. The van der Waals surface area contributed by atoms with Crippen LogP contribution in [0.4, 0.5) is 0 Å². The van der Waals surface area contributed by atoms with E-state index in [2.05, 4.69) is 52.0 Å². The number of likely N-dealkylation sites (N-methyl/N-ethyl adjacent to an activating group) is 1. The van der Waals surface area contributed by atoms with Gasteiger partial charge >= 0.3 is 0 Å². The Morgan fingerprint density at radius 3 is 2.06 bits per heavy atom. The van der Waals surface area contributed by atoms with Gasteiger partial charge in [0.1, 0.15) is 55.4 Å². The van der Waals surface area contributed by atoms with Crippen molar-refractivity contribution in [3.63, 3.8) is 0 Å². The smallest absolute Gasteiger partial charge is 0.255 e. The maximum atomic E-state index is 14.5. The van der Waals surface area contributed by atoms with Gasteiger partial charge in [-0.1, -0.05) is 57.2 Å². The molecular formula is C47H63Cl4N11O7. The lowest BCUT2D eigenvalue weighted by molar-refractivity contribution is -0.141. The maximum Gasteiger partial charge on any atom is 0.255 e. The van der Waals surface area contributed by atoms with Crippen LogP contribution < -0.4 is 47.9 Å². The highest BCUT2D eigenvalue weighted by molar-refractivity contribution is 6.00. The molecule has 1 aromatic heterocycles. The standard InChI is InChI=1S/C47H59N11O7.4ClH/c1-27-35(26-53-41(54-27)30-8-11-32(12-9-30)47(3,4)5)43(60)56-36(15-16-48)46(63)58(6)37-24-29-7-13-38(64-21-18-50)33(23-29)34-25-31(10-14-39(34)65-22-19-51)40(45(62)52-20-17-49)57-42(59)28(2)55-44(37)61;;;;/h7-14,23,25-26,28,36-37,40H,15-16,18-22,24,48,50-51H2,1-6H3,(H,52,62)(H,55,61)(H,56,60)(H,57,59);4*1H/t28-,36-,37-,40-;;;;/m0..../s1. The van der Waals surface area contributed by atoms with Gasteiger partial charge in [-0.25, -0.2) is 9.97 Å². The van der Waals surface area contributed by atoms with E-state index < -0.39 is 53.7 Å². The zero-order valence-corrected chi connectivity index (χ0v) is 42.6. The summed E-state index contributed by atoms with van der Waals surface area (Å²) in [4.78, 5) is 80.3. The van der Waals surface area contributed by atoms with Crippen molar-refractivity contribution in [1.29, 1.82) is 5.26 Å². The Balaban J connectivity index is 0.00000595. The lowest BCUT2D eigenvalue weighted by Crippen LogP contribution is -2.58. The first kappa shape index (κ1) is 61.2. The van der Waals surface area contributed by atoms with Crippen molar-refractivity contribution in [3.05, 3.63) is 94.8 Å². The first-order valence-electron chi connectivity index (χ1n) is 21.4. The molecule has 4 aromatic rings. The molecule has 18 nitrogen and oxygen atoms in total. The Kier molecular flexibility index (Phi) is 24.9. The molecule has 0 saturated heterocycles. The van der Waals surface area contributed by atoms with Crippen LogP contribution >= 0.6 is 49.6 Å². The van der Waals surface area contributed by atoms with Gasteiger partial charge < -0.3 is 52.8 Å². The predicted octanol–water partition coefficient (Wildman–Crippen LogP) is 3.61. The fourth-order valence-electron chi connectivity index (χ4n) is 7.25. The van der Waals surface area contributed by atoms with Gasteiger partial charge in [0, 0.05) is 49.4 Å². The van der Waals surface area contributed by atoms with Crippen LogP contribution in [-0.4, -0.2) is 109 Å². The monoisotopic (exact) mass is 1030 g/mol. The summed E-state index contributed by atoms with van der Waals surface area (Å²) in [7, 11) is 1.43. The zero-order chi connectivity index (χ0) is 47.4. The number of rotatable bonds is 15. The number of nitrogens with two attached hydrogens (primary N) is 3. The number of aromatic nitrogens is 2. The number of hydrogen-bond donors (Lipinski definition) is 7. The van der Waals surface area contributed by atoms with Crippen molar-refractivity contribution in [3.8, 4) is 40.1 Å². The van der Waals surface area contributed by atoms with Gasteiger partial charge in [-0.2, -0.15) is 5.26 Å². The van der Waals surface area contributed by atoms with E-state index in [-0.39, 0.29) is 113 Å². The molecule has 22 heteroatoms. The second-order valence-electron chi connectivity index (χ2n) is 16.7. The molecule has 0 unspecified atom stereocenters. The number of amides is 5. The summed E-state index contributed by atoms with van der Waals surface area (Å²) < 4.78 is 12.1. The molecule has 5 amide bonds. The Labute approximate surface area is 427 Å². The molecule has 5 rings (SSSR count). The third-order valence-corrected chi connectivity index (χ3v) is 10.9. The molecule has 69 heavy (non-hydrogen) atoms. The van der Waals surface area contributed by atoms with E-state index in [1.807, 2.05) is 30.3 Å². The first-order valence-corrected chi connectivity index (χ1v) is 21.4. The fraction of sp³-hybridized carbons (Fsp3) is 0.404. The van der Waals surface area contributed by atoms with Crippen molar-refractivity contribution >= 4 is 79.2 Å². The molecule has 10 N–H and O–H groups in total. The number of benzene rings is 3. The maximum absolute atomic E-state index is 14.5. The van der Waals surface area contributed by atoms with Crippen LogP contribution in [-0.2, 0) is 31.0 Å². The number of ether oxygens (including phenoxy) is 2. The molecule has 0 saturated carbocycles. The number of aryl methyl sites for hydroxylation is 1. The van der Waals surface area contributed by atoms with Crippen molar-refractivity contribution in [2.75, 3.05) is 46.4 Å². The fourth-order valence-corrected chi connectivity index (χ4v) is 7.25. The largest absolute Gasteiger partial charge is 0.492 e. The molecule has 2 heterocycles. The topological polar surface area (TPSA) is 283 Å². The number of nitrogens with one attached hydrogen (secondary N) is 4. The third kappa shape index (κ3) is 15.6. The number of fused-ring (bicyclic) bond motifs is 5. The van der Waals surface area contributed by atoms with E-state index in [9.17, 15) is 29.2 Å². The van der Waals surface area contributed by atoms with Gasteiger partial charge in [-0.05, 0) is 73.2 Å². The normalized spacial score (nSPS) is 15.7. The molecule has 0 aliphatic carbocycles. The van der Waals surface area contributed by atoms with Crippen molar-refractivity contribution in [1.82, 2.24) is 36.1 Å². The summed E-state index contributed by atoms with van der Waals surface area (Å²) in [5, 5.41) is 19.9. The summed E-state index contributed by atoms with van der Waals surface area (Å²) in [6.45, 7) is 9.85. The van der Waals surface area contributed by atoms with Crippen LogP contribution in [0.15, 0.2) is 66.9 Å². The molecule has 0 spiro atoms. The average molecular weight is 1040 g/mol. The number of hydrogen-bond acceptors (Lipinski definition) is 13. The molecule has 0 fully saturated rings. The lowest BCUT2D eigenvalue weighted by atomic mass is 9.87. The van der Waals surface area contributed by atoms with E-state index in [1.54, 1.807) is 43.3 Å². The van der Waals surface area contributed by atoms with Crippen LogP contribution in [0.3, 0.4) is 0 Å². The van der Waals surface area contributed by atoms with Crippen LogP contribution in [0.25, 0.3) is 22.5 Å². The highest BCUT2D eigenvalue weighted by Gasteiger charge is 2.35. The first-order chi connectivity index (χ1) is 31.0.